The molecule has 0 atom stereocenters. The largest absolute Gasteiger partial charge is 0.456 e. The molecule has 0 radical (unpaired) electrons. The van der Waals surface area contributed by atoms with Gasteiger partial charge in [-0.1, -0.05) is 115 Å². The lowest BCUT2D eigenvalue weighted by Crippen LogP contribution is -2.10. The summed E-state index contributed by atoms with van der Waals surface area (Å²) in [7, 11) is 0. The molecular weight excluding hydrogens is 615 g/mol. The van der Waals surface area contributed by atoms with E-state index >= 15 is 0 Å². The Morgan fingerprint density at radius 1 is 0.388 bits per heavy atom. The zero-order chi connectivity index (χ0) is 32.3. The minimum absolute atomic E-state index is 0.888. The quantitative estimate of drug-likeness (QED) is 0.186. The molecule has 0 aliphatic heterocycles. The fraction of sp³-hybridized carbons (Fsp3) is 0. The van der Waals surface area contributed by atoms with E-state index in [4.69, 9.17) is 4.42 Å². The van der Waals surface area contributed by atoms with Crippen LogP contribution in [0.15, 0.2) is 180 Å². The summed E-state index contributed by atoms with van der Waals surface area (Å²) in [4.78, 5) is 2.39. The van der Waals surface area contributed by atoms with Crippen molar-refractivity contribution in [1.29, 1.82) is 0 Å². The highest BCUT2D eigenvalue weighted by Crippen LogP contribution is 2.44. The van der Waals surface area contributed by atoms with Gasteiger partial charge in [0.15, 0.2) is 0 Å². The van der Waals surface area contributed by atoms with Crippen molar-refractivity contribution in [3.63, 3.8) is 0 Å². The van der Waals surface area contributed by atoms with Gasteiger partial charge in [0, 0.05) is 48.0 Å². The zero-order valence-corrected chi connectivity index (χ0v) is 27.3. The minimum Gasteiger partial charge on any atom is -0.456 e. The SMILES string of the molecule is c1ccc(-c2ccc(N(c3ccc4c(ccc5sc6ccccc6c54)c3)c3ccc4oc5ccccc5c4c3)cc2-c2ccccc2)cc1. The molecule has 8 aromatic carbocycles. The summed E-state index contributed by atoms with van der Waals surface area (Å²) in [5.41, 5.74) is 9.84. The van der Waals surface area contributed by atoms with Gasteiger partial charge in [-0.05, 0) is 93.7 Å². The van der Waals surface area contributed by atoms with Gasteiger partial charge in [-0.25, -0.2) is 0 Å². The minimum atomic E-state index is 0.888. The molecule has 0 spiro atoms. The monoisotopic (exact) mass is 643 g/mol. The lowest BCUT2D eigenvalue weighted by molar-refractivity contribution is 0.669. The lowest BCUT2D eigenvalue weighted by atomic mass is 9.93. The van der Waals surface area contributed by atoms with Crippen LogP contribution in [0.4, 0.5) is 17.1 Å². The average Bonchev–Trinajstić information content (AvgIpc) is 3.74. The normalized spacial score (nSPS) is 11.7. The molecule has 0 saturated heterocycles. The molecule has 10 rings (SSSR count). The maximum Gasteiger partial charge on any atom is 0.135 e. The standard InChI is InChI=1S/C46H29NOS/c1-3-11-30(12-4-1)36-23-20-34(28-40(36)31-13-5-2-6-14-31)47(35-22-25-43-41(29-35)38-15-7-9-17-42(38)48-43)33-21-24-37-32(27-33)19-26-45-46(37)39-16-8-10-18-44(39)49-45/h1-29H. The number of hydrogen-bond donors (Lipinski definition) is 0. The molecule has 0 fully saturated rings. The molecule has 3 heteroatoms. The number of thiophene rings is 1. The molecule has 0 aliphatic rings. The van der Waals surface area contributed by atoms with E-state index < -0.39 is 0 Å². The molecule has 49 heavy (non-hydrogen) atoms. The molecule has 0 unspecified atom stereocenters. The smallest absolute Gasteiger partial charge is 0.135 e. The summed E-state index contributed by atoms with van der Waals surface area (Å²) in [5.74, 6) is 0. The van der Waals surface area contributed by atoms with Gasteiger partial charge in [0.2, 0.25) is 0 Å². The third kappa shape index (κ3) is 4.62. The van der Waals surface area contributed by atoms with E-state index in [-0.39, 0.29) is 0 Å². The average molecular weight is 644 g/mol. The first-order chi connectivity index (χ1) is 24.3. The number of para-hydroxylation sites is 1. The second kappa shape index (κ2) is 11.2. The molecule has 10 aromatic rings. The molecule has 2 nitrogen and oxygen atoms in total. The highest BCUT2D eigenvalue weighted by molar-refractivity contribution is 7.26. The van der Waals surface area contributed by atoms with Crippen molar-refractivity contribution in [3.05, 3.63) is 176 Å². The summed E-state index contributed by atoms with van der Waals surface area (Å²) in [5, 5.41) is 7.38. The van der Waals surface area contributed by atoms with Crippen LogP contribution in [0.3, 0.4) is 0 Å². The van der Waals surface area contributed by atoms with Gasteiger partial charge in [0.1, 0.15) is 11.2 Å². The molecule has 0 N–H and O–H groups in total. The van der Waals surface area contributed by atoms with Gasteiger partial charge in [0.05, 0.1) is 0 Å². The van der Waals surface area contributed by atoms with E-state index in [1.54, 1.807) is 0 Å². The summed E-state index contributed by atoms with van der Waals surface area (Å²) < 4.78 is 8.89. The van der Waals surface area contributed by atoms with E-state index in [0.717, 1.165) is 39.0 Å². The van der Waals surface area contributed by atoms with Gasteiger partial charge < -0.3 is 9.32 Å². The van der Waals surface area contributed by atoms with Gasteiger partial charge in [-0.15, -0.1) is 11.3 Å². The van der Waals surface area contributed by atoms with E-state index in [0.29, 0.717) is 0 Å². The van der Waals surface area contributed by atoms with Crippen molar-refractivity contribution >= 4 is 81.3 Å². The Hall–Kier alpha value is -6.16. The number of nitrogens with zero attached hydrogens (tertiary/aromatic N) is 1. The molecule has 2 aromatic heterocycles. The lowest BCUT2D eigenvalue weighted by Gasteiger charge is -2.27. The Morgan fingerprint density at radius 2 is 1.02 bits per heavy atom. The van der Waals surface area contributed by atoms with Crippen molar-refractivity contribution in [2.45, 2.75) is 0 Å². The number of rotatable bonds is 5. The van der Waals surface area contributed by atoms with Crippen LogP contribution < -0.4 is 4.90 Å². The second-order valence-electron chi connectivity index (χ2n) is 12.5. The van der Waals surface area contributed by atoms with Gasteiger partial charge in [0.25, 0.3) is 0 Å². The Morgan fingerprint density at radius 3 is 1.86 bits per heavy atom. The number of hydrogen-bond acceptors (Lipinski definition) is 3. The number of benzene rings is 8. The van der Waals surface area contributed by atoms with Crippen molar-refractivity contribution < 1.29 is 4.42 Å². The highest BCUT2D eigenvalue weighted by atomic mass is 32.1. The Balaban J connectivity index is 1.22. The number of furan rings is 1. The van der Waals surface area contributed by atoms with Crippen molar-refractivity contribution in [2.24, 2.45) is 0 Å². The van der Waals surface area contributed by atoms with E-state index in [2.05, 4.69) is 169 Å². The zero-order valence-electron chi connectivity index (χ0n) is 26.5. The van der Waals surface area contributed by atoms with Crippen molar-refractivity contribution in [2.75, 3.05) is 4.90 Å². The molecule has 0 aliphatic carbocycles. The summed E-state index contributed by atoms with van der Waals surface area (Å²) in [6, 6.07) is 63.3. The fourth-order valence-electron chi connectivity index (χ4n) is 7.38. The van der Waals surface area contributed by atoms with Crippen LogP contribution in [0.2, 0.25) is 0 Å². The first-order valence-electron chi connectivity index (χ1n) is 16.6. The Bertz CT molecular complexity index is 2830. The second-order valence-corrected chi connectivity index (χ2v) is 13.6. The predicted octanol–water partition coefficient (Wildman–Crippen LogP) is 13.9. The van der Waals surface area contributed by atoms with Crippen LogP contribution in [0.5, 0.6) is 0 Å². The topological polar surface area (TPSA) is 16.4 Å². The third-order valence-corrected chi connectivity index (χ3v) is 10.8. The molecule has 2 heterocycles. The van der Waals surface area contributed by atoms with Crippen LogP contribution in [0, 0.1) is 0 Å². The summed E-state index contributed by atoms with van der Waals surface area (Å²) in [6.45, 7) is 0. The first kappa shape index (κ1) is 27.9. The predicted molar refractivity (Wildman–Crippen MR) is 210 cm³/mol. The van der Waals surface area contributed by atoms with Crippen molar-refractivity contribution in [1.82, 2.24) is 0 Å². The van der Waals surface area contributed by atoms with Gasteiger partial charge in [-0.2, -0.15) is 0 Å². The van der Waals surface area contributed by atoms with Crippen molar-refractivity contribution in [3.8, 4) is 22.3 Å². The number of anilines is 3. The van der Waals surface area contributed by atoms with Crippen LogP contribution in [0.25, 0.3) is 75.1 Å². The first-order valence-corrected chi connectivity index (χ1v) is 17.4. The maximum absolute atomic E-state index is 6.25. The van der Waals surface area contributed by atoms with Crippen LogP contribution in [-0.4, -0.2) is 0 Å². The van der Waals surface area contributed by atoms with E-state index in [9.17, 15) is 0 Å². The van der Waals surface area contributed by atoms with E-state index in [1.165, 1.54) is 53.2 Å². The molecule has 230 valence electrons. The van der Waals surface area contributed by atoms with Gasteiger partial charge in [-0.3, -0.25) is 0 Å². The highest BCUT2D eigenvalue weighted by Gasteiger charge is 2.19. The summed E-state index contributed by atoms with van der Waals surface area (Å²) >= 11 is 1.86. The molecular formula is C46H29NOS. The molecule has 0 saturated carbocycles. The van der Waals surface area contributed by atoms with Gasteiger partial charge >= 0.3 is 0 Å². The number of fused-ring (bicyclic) bond motifs is 8. The molecule has 0 amide bonds. The Kier molecular flexibility index (Phi) is 6.39. The van der Waals surface area contributed by atoms with Crippen LogP contribution in [-0.2, 0) is 0 Å². The van der Waals surface area contributed by atoms with Crippen LogP contribution in [0.1, 0.15) is 0 Å². The Labute approximate surface area is 287 Å². The molecule has 0 bridgehead atoms. The third-order valence-electron chi connectivity index (χ3n) is 9.65. The summed E-state index contributed by atoms with van der Waals surface area (Å²) in [6.07, 6.45) is 0. The fourth-order valence-corrected chi connectivity index (χ4v) is 8.50. The van der Waals surface area contributed by atoms with Crippen LogP contribution >= 0.6 is 11.3 Å². The van der Waals surface area contributed by atoms with E-state index in [1.807, 2.05) is 23.5 Å². The maximum atomic E-state index is 6.25.